The fraction of sp³-hybridized carbons (Fsp3) is 0.562. The van der Waals surface area contributed by atoms with E-state index in [-0.39, 0.29) is 28.5 Å². The van der Waals surface area contributed by atoms with Crippen LogP contribution in [0.1, 0.15) is 32.3 Å². The van der Waals surface area contributed by atoms with Crippen molar-refractivity contribution in [3.63, 3.8) is 0 Å². The van der Waals surface area contributed by atoms with E-state index >= 15 is 0 Å². The van der Waals surface area contributed by atoms with Crippen LogP contribution in [0.3, 0.4) is 0 Å². The van der Waals surface area contributed by atoms with Gasteiger partial charge in [-0.25, -0.2) is 17.5 Å². The average Bonchev–Trinajstić information content (AvgIpc) is 2.49. The third-order valence-electron chi connectivity index (χ3n) is 3.93. The number of carbonyl (C=O) groups excluding carboxylic acids is 1. The summed E-state index contributed by atoms with van der Waals surface area (Å²) < 4.78 is 41.0. The molecule has 1 atom stereocenters. The molecule has 1 aliphatic rings. The predicted molar refractivity (Wildman–Crippen MR) is 91.6 cm³/mol. The molecule has 1 aromatic rings. The molecule has 0 bridgehead atoms. The molecule has 1 aromatic carbocycles. The van der Waals surface area contributed by atoms with Crippen molar-refractivity contribution in [2.24, 2.45) is 5.92 Å². The summed E-state index contributed by atoms with van der Waals surface area (Å²) in [6.45, 7) is 4.62. The van der Waals surface area contributed by atoms with E-state index in [1.165, 1.54) is 12.1 Å². The van der Waals surface area contributed by atoms with E-state index in [1.807, 2.05) is 13.8 Å². The number of amides is 1. The summed E-state index contributed by atoms with van der Waals surface area (Å²) in [4.78, 5) is 13.7. The standard InChI is InChI=1S/C16H22ClFN2O3S/c1-11(2)16(21)20-7-3-4-14(9-20)19-24(22,23)10-12-5-6-13(17)8-15(12)18/h5-6,8,11,14,19H,3-4,7,9-10H2,1-2H3. The molecule has 2 rings (SSSR count). The number of halogens is 2. The van der Waals surface area contributed by atoms with Crippen LogP contribution in [-0.4, -0.2) is 38.4 Å². The third kappa shape index (κ3) is 5.16. The lowest BCUT2D eigenvalue weighted by molar-refractivity contribution is -0.135. The normalized spacial score (nSPS) is 18.9. The van der Waals surface area contributed by atoms with Crippen LogP contribution in [0.5, 0.6) is 0 Å². The van der Waals surface area contributed by atoms with E-state index in [4.69, 9.17) is 11.6 Å². The van der Waals surface area contributed by atoms with Gasteiger partial charge in [-0.2, -0.15) is 0 Å². The highest BCUT2D eigenvalue weighted by molar-refractivity contribution is 7.88. The Morgan fingerprint density at radius 1 is 1.46 bits per heavy atom. The molecule has 1 amide bonds. The average molecular weight is 377 g/mol. The molecular weight excluding hydrogens is 355 g/mol. The van der Waals surface area contributed by atoms with Crippen molar-refractivity contribution < 1.29 is 17.6 Å². The van der Waals surface area contributed by atoms with E-state index in [9.17, 15) is 17.6 Å². The smallest absolute Gasteiger partial charge is 0.225 e. The van der Waals surface area contributed by atoms with E-state index in [2.05, 4.69) is 4.72 Å². The maximum absolute atomic E-state index is 13.8. The van der Waals surface area contributed by atoms with E-state index in [0.717, 1.165) is 12.5 Å². The summed E-state index contributed by atoms with van der Waals surface area (Å²) in [5.74, 6) is -1.20. The zero-order valence-electron chi connectivity index (χ0n) is 13.8. The first kappa shape index (κ1) is 19.1. The largest absolute Gasteiger partial charge is 0.341 e. The molecule has 8 heteroatoms. The zero-order valence-corrected chi connectivity index (χ0v) is 15.3. The number of nitrogens with zero attached hydrogens (tertiary/aromatic N) is 1. The van der Waals surface area contributed by atoms with Gasteiger partial charge in [0.05, 0.1) is 5.75 Å². The van der Waals surface area contributed by atoms with Gasteiger partial charge in [-0.3, -0.25) is 4.79 Å². The van der Waals surface area contributed by atoms with Gasteiger partial charge in [-0.15, -0.1) is 0 Å². The Kier molecular flexibility index (Phi) is 6.22. The SMILES string of the molecule is CC(C)C(=O)N1CCCC(NS(=O)(=O)Cc2ccc(Cl)cc2F)C1. The Morgan fingerprint density at radius 3 is 2.79 bits per heavy atom. The van der Waals surface area contributed by atoms with Crippen molar-refractivity contribution in [1.29, 1.82) is 0 Å². The quantitative estimate of drug-likeness (QED) is 0.858. The van der Waals surface area contributed by atoms with E-state index in [1.54, 1.807) is 4.90 Å². The van der Waals surface area contributed by atoms with Crippen LogP contribution in [0.4, 0.5) is 4.39 Å². The number of sulfonamides is 1. The van der Waals surface area contributed by atoms with Gasteiger partial charge in [0.2, 0.25) is 15.9 Å². The summed E-state index contributed by atoms with van der Waals surface area (Å²) in [7, 11) is -3.71. The van der Waals surface area contributed by atoms with E-state index in [0.29, 0.717) is 19.5 Å². The molecule has 24 heavy (non-hydrogen) atoms. The molecule has 0 saturated carbocycles. The van der Waals surface area contributed by atoms with Crippen LogP contribution < -0.4 is 4.72 Å². The number of likely N-dealkylation sites (tertiary alicyclic amines) is 1. The maximum Gasteiger partial charge on any atom is 0.225 e. The second kappa shape index (κ2) is 7.80. The summed E-state index contributed by atoms with van der Waals surface area (Å²) in [6.07, 6.45) is 1.39. The summed E-state index contributed by atoms with van der Waals surface area (Å²) in [6, 6.07) is 3.57. The van der Waals surface area contributed by atoms with Gasteiger partial charge in [-0.1, -0.05) is 31.5 Å². The number of hydrogen-bond acceptors (Lipinski definition) is 3. The first-order valence-electron chi connectivity index (χ1n) is 7.90. The summed E-state index contributed by atoms with van der Waals surface area (Å²) >= 11 is 5.67. The second-order valence-corrected chi connectivity index (χ2v) is 8.58. The predicted octanol–water partition coefficient (Wildman–Crippen LogP) is 2.55. The molecule has 1 saturated heterocycles. The first-order chi connectivity index (χ1) is 11.2. The fourth-order valence-electron chi connectivity index (χ4n) is 2.78. The lowest BCUT2D eigenvalue weighted by Gasteiger charge is -2.34. The number of nitrogens with one attached hydrogen (secondary N) is 1. The lowest BCUT2D eigenvalue weighted by atomic mass is 10.0. The number of piperidine rings is 1. The molecule has 0 aliphatic carbocycles. The minimum Gasteiger partial charge on any atom is -0.341 e. The molecule has 0 spiro atoms. The molecule has 134 valence electrons. The zero-order chi connectivity index (χ0) is 17.9. The monoisotopic (exact) mass is 376 g/mol. The molecule has 0 aromatic heterocycles. The Labute approximate surface area is 147 Å². The third-order valence-corrected chi connectivity index (χ3v) is 5.55. The van der Waals surface area contributed by atoms with Gasteiger partial charge < -0.3 is 4.90 Å². The maximum atomic E-state index is 13.8. The lowest BCUT2D eigenvalue weighted by Crippen LogP contribution is -2.50. The molecule has 0 radical (unpaired) electrons. The summed E-state index contributed by atoms with van der Waals surface area (Å²) in [5, 5.41) is 0.219. The minimum absolute atomic E-state index is 0.0163. The van der Waals surface area contributed by atoms with Crippen LogP contribution in [0.15, 0.2) is 18.2 Å². The number of benzene rings is 1. The molecule has 1 heterocycles. The van der Waals surface area contributed by atoms with Crippen molar-refractivity contribution in [2.75, 3.05) is 13.1 Å². The van der Waals surface area contributed by atoms with Gasteiger partial charge in [-0.05, 0) is 25.0 Å². The van der Waals surface area contributed by atoms with Gasteiger partial charge in [0.1, 0.15) is 5.82 Å². The highest BCUT2D eigenvalue weighted by Crippen LogP contribution is 2.18. The van der Waals surface area contributed by atoms with E-state index < -0.39 is 21.6 Å². The Hall–Kier alpha value is -1.18. The van der Waals surface area contributed by atoms with Crippen molar-refractivity contribution in [3.05, 3.63) is 34.6 Å². The highest BCUT2D eigenvalue weighted by atomic mass is 35.5. The van der Waals surface area contributed by atoms with Gasteiger partial charge >= 0.3 is 0 Å². The van der Waals surface area contributed by atoms with Crippen molar-refractivity contribution in [1.82, 2.24) is 9.62 Å². The Bertz CT molecular complexity index is 709. The van der Waals surface area contributed by atoms with Crippen LogP contribution in [0.25, 0.3) is 0 Å². The Morgan fingerprint density at radius 2 is 2.17 bits per heavy atom. The topological polar surface area (TPSA) is 66.5 Å². The molecule has 1 aliphatic heterocycles. The second-order valence-electron chi connectivity index (χ2n) is 6.39. The molecule has 1 unspecified atom stereocenters. The van der Waals surface area contributed by atoms with Crippen molar-refractivity contribution in [2.45, 2.75) is 38.5 Å². The number of carbonyl (C=O) groups is 1. The van der Waals surface area contributed by atoms with Crippen molar-refractivity contribution in [3.8, 4) is 0 Å². The van der Waals surface area contributed by atoms with Gasteiger partial charge in [0, 0.05) is 35.6 Å². The minimum atomic E-state index is -3.71. The van der Waals surface area contributed by atoms with Crippen LogP contribution >= 0.6 is 11.6 Å². The Balaban J connectivity index is 2.02. The molecule has 5 nitrogen and oxygen atoms in total. The van der Waals surface area contributed by atoms with Gasteiger partial charge in [0.25, 0.3) is 0 Å². The molecular formula is C16H22ClFN2O3S. The van der Waals surface area contributed by atoms with Crippen LogP contribution in [0, 0.1) is 11.7 Å². The highest BCUT2D eigenvalue weighted by Gasteiger charge is 2.28. The first-order valence-corrected chi connectivity index (χ1v) is 9.93. The fourth-order valence-corrected chi connectivity index (χ4v) is 4.36. The molecule has 1 fully saturated rings. The van der Waals surface area contributed by atoms with Gasteiger partial charge in [0.15, 0.2) is 0 Å². The number of hydrogen-bond donors (Lipinski definition) is 1. The van der Waals surface area contributed by atoms with Crippen molar-refractivity contribution >= 4 is 27.5 Å². The summed E-state index contributed by atoms with van der Waals surface area (Å²) in [5.41, 5.74) is 0.0674. The van der Waals surface area contributed by atoms with Crippen LogP contribution in [-0.2, 0) is 20.6 Å². The number of rotatable bonds is 5. The molecule has 1 N–H and O–H groups in total. The van der Waals surface area contributed by atoms with Crippen LogP contribution in [0.2, 0.25) is 5.02 Å².